The minimum absolute atomic E-state index is 0.474. The van der Waals surface area contributed by atoms with Crippen molar-refractivity contribution in [1.29, 1.82) is 0 Å². The molecule has 0 radical (unpaired) electrons. The first-order valence-electron chi connectivity index (χ1n) is 6.97. The van der Waals surface area contributed by atoms with Crippen LogP contribution in [-0.2, 0) is 6.54 Å². The van der Waals surface area contributed by atoms with Gasteiger partial charge in [0, 0.05) is 30.7 Å². The predicted octanol–water partition coefficient (Wildman–Crippen LogP) is 2.93. The first-order valence-corrected chi connectivity index (χ1v) is 6.97. The lowest BCUT2D eigenvalue weighted by Crippen LogP contribution is -2.06. The van der Waals surface area contributed by atoms with Gasteiger partial charge in [0.15, 0.2) is 0 Å². The van der Waals surface area contributed by atoms with E-state index in [0.717, 1.165) is 11.5 Å². The summed E-state index contributed by atoms with van der Waals surface area (Å²) in [4.78, 5) is 17.0. The highest BCUT2D eigenvalue weighted by atomic mass is 15.2. The molecule has 3 aromatic rings. The Labute approximate surface area is 128 Å². The molecular formula is C16H16N6. The number of nitrogens with one attached hydrogen (secondary N) is 2. The number of aryl methyl sites for hydroxylation is 1. The summed E-state index contributed by atoms with van der Waals surface area (Å²) in [6.07, 6.45) is 3.33. The van der Waals surface area contributed by atoms with Crippen molar-refractivity contribution < 1.29 is 0 Å². The van der Waals surface area contributed by atoms with Crippen molar-refractivity contribution in [3.63, 3.8) is 0 Å². The normalized spacial score (nSPS) is 10.2. The zero-order chi connectivity index (χ0) is 15.2. The van der Waals surface area contributed by atoms with E-state index < -0.39 is 0 Å². The second-order valence-corrected chi connectivity index (χ2v) is 4.75. The van der Waals surface area contributed by atoms with Crippen LogP contribution in [0.5, 0.6) is 0 Å². The van der Waals surface area contributed by atoms with Crippen LogP contribution in [0.2, 0.25) is 0 Å². The van der Waals surface area contributed by atoms with Crippen LogP contribution < -0.4 is 10.6 Å². The van der Waals surface area contributed by atoms with Crippen LogP contribution >= 0.6 is 0 Å². The van der Waals surface area contributed by atoms with E-state index in [2.05, 4.69) is 42.7 Å². The van der Waals surface area contributed by atoms with Gasteiger partial charge in [-0.2, -0.15) is 4.98 Å². The molecule has 6 nitrogen and oxygen atoms in total. The molecule has 110 valence electrons. The predicted molar refractivity (Wildman–Crippen MR) is 85.9 cm³/mol. The van der Waals surface area contributed by atoms with E-state index >= 15 is 0 Å². The van der Waals surface area contributed by atoms with Crippen molar-refractivity contribution in [2.75, 3.05) is 10.6 Å². The van der Waals surface area contributed by atoms with E-state index in [1.807, 2.05) is 31.2 Å². The second-order valence-electron chi connectivity index (χ2n) is 4.75. The molecule has 0 amide bonds. The molecule has 0 aliphatic heterocycles. The summed E-state index contributed by atoms with van der Waals surface area (Å²) >= 11 is 0. The molecule has 0 aliphatic rings. The van der Waals surface area contributed by atoms with Gasteiger partial charge in [-0.3, -0.25) is 5.32 Å². The van der Waals surface area contributed by atoms with E-state index in [4.69, 9.17) is 0 Å². The third-order valence-electron chi connectivity index (χ3n) is 2.96. The lowest BCUT2D eigenvalue weighted by molar-refractivity contribution is 1.04. The van der Waals surface area contributed by atoms with Gasteiger partial charge in [0.2, 0.25) is 11.9 Å². The molecule has 0 bridgehead atoms. The smallest absolute Gasteiger partial charge is 0.231 e. The minimum atomic E-state index is 0.474. The number of hydrogen-bond donors (Lipinski definition) is 2. The number of nitrogens with zero attached hydrogens (tertiary/aromatic N) is 4. The van der Waals surface area contributed by atoms with Crippen molar-refractivity contribution >= 4 is 17.7 Å². The number of aromatic nitrogens is 4. The number of anilines is 3. The standard InChI is InChI=1S/C16H16N6/c1-12-10-14(19-11-13-6-3-2-4-7-13)21-16(20-12)22-15-17-8-5-9-18-15/h2-10H,11H2,1H3,(H2,17,18,19,20,21,22). The van der Waals surface area contributed by atoms with Crippen molar-refractivity contribution in [1.82, 2.24) is 19.9 Å². The molecule has 2 aromatic heterocycles. The molecule has 0 atom stereocenters. The lowest BCUT2D eigenvalue weighted by Gasteiger charge is -2.09. The van der Waals surface area contributed by atoms with E-state index in [0.29, 0.717) is 18.4 Å². The van der Waals surface area contributed by atoms with Gasteiger partial charge in [0.1, 0.15) is 5.82 Å². The minimum Gasteiger partial charge on any atom is -0.366 e. The molecule has 22 heavy (non-hydrogen) atoms. The summed E-state index contributed by atoms with van der Waals surface area (Å²) < 4.78 is 0. The molecule has 1 aromatic carbocycles. The molecule has 0 unspecified atom stereocenters. The van der Waals surface area contributed by atoms with Gasteiger partial charge < -0.3 is 5.32 Å². The molecule has 6 heteroatoms. The molecule has 0 saturated heterocycles. The highest BCUT2D eigenvalue weighted by Gasteiger charge is 2.04. The zero-order valence-corrected chi connectivity index (χ0v) is 12.2. The van der Waals surface area contributed by atoms with Crippen LogP contribution in [0.4, 0.5) is 17.7 Å². The third-order valence-corrected chi connectivity index (χ3v) is 2.96. The fourth-order valence-electron chi connectivity index (χ4n) is 1.97. The molecule has 3 rings (SSSR count). The zero-order valence-electron chi connectivity index (χ0n) is 12.2. The Hall–Kier alpha value is -3.02. The summed E-state index contributed by atoms with van der Waals surface area (Å²) in [6, 6.07) is 13.8. The summed E-state index contributed by atoms with van der Waals surface area (Å²) in [7, 11) is 0. The Morgan fingerprint density at radius 1 is 0.909 bits per heavy atom. The van der Waals surface area contributed by atoms with Crippen LogP contribution in [0.25, 0.3) is 0 Å². The molecule has 0 aliphatic carbocycles. The summed E-state index contributed by atoms with van der Waals surface area (Å²) in [5.41, 5.74) is 2.06. The molecule has 2 N–H and O–H groups in total. The van der Waals surface area contributed by atoms with E-state index in [1.165, 1.54) is 5.56 Å². The van der Waals surface area contributed by atoms with Crippen molar-refractivity contribution in [3.8, 4) is 0 Å². The first kappa shape index (κ1) is 13.9. The Balaban J connectivity index is 1.72. The molecule has 0 fully saturated rings. The van der Waals surface area contributed by atoms with Crippen LogP contribution in [-0.4, -0.2) is 19.9 Å². The highest BCUT2D eigenvalue weighted by Crippen LogP contribution is 2.13. The quantitative estimate of drug-likeness (QED) is 0.753. The van der Waals surface area contributed by atoms with Gasteiger partial charge in [0.25, 0.3) is 0 Å². The Morgan fingerprint density at radius 2 is 1.68 bits per heavy atom. The SMILES string of the molecule is Cc1cc(NCc2ccccc2)nc(Nc2ncccn2)n1. The summed E-state index contributed by atoms with van der Waals surface area (Å²) in [5, 5.41) is 6.29. The molecular weight excluding hydrogens is 276 g/mol. The number of rotatable bonds is 5. The largest absolute Gasteiger partial charge is 0.366 e. The van der Waals surface area contributed by atoms with Crippen LogP contribution in [0, 0.1) is 6.92 Å². The number of benzene rings is 1. The fraction of sp³-hybridized carbons (Fsp3) is 0.125. The van der Waals surface area contributed by atoms with E-state index in [9.17, 15) is 0 Å². The maximum absolute atomic E-state index is 4.43. The molecule has 2 heterocycles. The van der Waals surface area contributed by atoms with Gasteiger partial charge in [-0.25, -0.2) is 15.0 Å². The fourth-order valence-corrected chi connectivity index (χ4v) is 1.97. The Bertz CT molecular complexity index is 730. The lowest BCUT2D eigenvalue weighted by atomic mass is 10.2. The van der Waals surface area contributed by atoms with Gasteiger partial charge in [-0.1, -0.05) is 30.3 Å². The van der Waals surface area contributed by atoms with Gasteiger partial charge >= 0.3 is 0 Å². The maximum atomic E-state index is 4.43. The van der Waals surface area contributed by atoms with Crippen molar-refractivity contribution in [3.05, 3.63) is 66.1 Å². The van der Waals surface area contributed by atoms with Crippen LogP contribution in [0.3, 0.4) is 0 Å². The van der Waals surface area contributed by atoms with Crippen LogP contribution in [0.1, 0.15) is 11.3 Å². The van der Waals surface area contributed by atoms with Gasteiger partial charge in [0.05, 0.1) is 0 Å². The monoisotopic (exact) mass is 292 g/mol. The Kier molecular flexibility index (Phi) is 4.20. The van der Waals surface area contributed by atoms with Crippen molar-refractivity contribution in [2.45, 2.75) is 13.5 Å². The molecule has 0 saturated carbocycles. The van der Waals surface area contributed by atoms with E-state index in [-0.39, 0.29) is 0 Å². The third kappa shape index (κ3) is 3.76. The average Bonchev–Trinajstić information content (AvgIpc) is 2.54. The first-order chi connectivity index (χ1) is 10.8. The van der Waals surface area contributed by atoms with Gasteiger partial charge in [-0.15, -0.1) is 0 Å². The topological polar surface area (TPSA) is 75.6 Å². The Morgan fingerprint density at radius 3 is 2.45 bits per heavy atom. The summed E-state index contributed by atoms with van der Waals surface area (Å²) in [5.74, 6) is 1.71. The molecule has 0 spiro atoms. The highest BCUT2D eigenvalue weighted by molar-refractivity contribution is 5.48. The van der Waals surface area contributed by atoms with Crippen LogP contribution in [0.15, 0.2) is 54.9 Å². The van der Waals surface area contributed by atoms with Crippen molar-refractivity contribution in [2.24, 2.45) is 0 Å². The number of hydrogen-bond acceptors (Lipinski definition) is 6. The maximum Gasteiger partial charge on any atom is 0.231 e. The van der Waals surface area contributed by atoms with E-state index in [1.54, 1.807) is 18.5 Å². The second kappa shape index (κ2) is 6.62. The average molecular weight is 292 g/mol. The van der Waals surface area contributed by atoms with Gasteiger partial charge in [-0.05, 0) is 18.6 Å². The summed E-state index contributed by atoms with van der Waals surface area (Å²) in [6.45, 7) is 2.63.